The van der Waals surface area contributed by atoms with E-state index in [1.807, 2.05) is 0 Å². The lowest BCUT2D eigenvalue weighted by molar-refractivity contribution is 0.364. The van der Waals surface area contributed by atoms with Crippen LogP contribution in [0.4, 0.5) is 0 Å². The maximum absolute atomic E-state index is 6.14. The zero-order valence-corrected chi connectivity index (χ0v) is 14.4. The van der Waals surface area contributed by atoms with Crippen molar-refractivity contribution in [2.75, 3.05) is 12.4 Å². The minimum absolute atomic E-state index is 0.292. The summed E-state index contributed by atoms with van der Waals surface area (Å²) in [5.74, 6) is 0.796. The fraction of sp³-hybridized carbons (Fsp3) is 1.00. The molecule has 0 amide bonds. The Hall–Kier alpha value is 0.250. The Morgan fingerprint density at radius 2 is 1.30 bits per heavy atom. The first-order chi connectivity index (χ1) is 9.83. The monoisotopic (exact) mass is 301 g/mol. The van der Waals surface area contributed by atoms with Gasteiger partial charge >= 0.3 is 0 Å². The third-order valence-corrected chi connectivity index (χ3v) is 5.36. The summed E-state index contributed by atoms with van der Waals surface area (Å²) in [4.78, 5) is 0. The van der Waals surface area contributed by atoms with Crippen LogP contribution in [0.1, 0.15) is 96.8 Å². The first-order valence-corrected chi connectivity index (χ1v) is 9.67. The molecule has 1 saturated carbocycles. The molecule has 1 aliphatic rings. The molecule has 1 nitrogen and oxygen atoms in total. The predicted molar refractivity (Wildman–Crippen MR) is 91.8 cm³/mol. The van der Waals surface area contributed by atoms with Crippen molar-refractivity contribution in [1.29, 1.82) is 0 Å². The highest BCUT2D eigenvalue weighted by molar-refractivity contribution is 6.18. The summed E-state index contributed by atoms with van der Waals surface area (Å²) in [6.07, 6.45) is 19.4. The van der Waals surface area contributed by atoms with Crippen LogP contribution in [-0.4, -0.2) is 18.0 Å². The highest BCUT2D eigenvalue weighted by Gasteiger charge is 2.31. The summed E-state index contributed by atoms with van der Waals surface area (Å²) in [6.45, 7) is 3.46. The molecule has 0 aliphatic heterocycles. The van der Waals surface area contributed by atoms with Crippen molar-refractivity contribution < 1.29 is 0 Å². The van der Waals surface area contributed by atoms with Crippen LogP contribution in [0, 0.1) is 0 Å². The number of alkyl halides is 1. The summed E-state index contributed by atoms with van der Waals surface area (Å²) in [5, 5.41) is 3.74. The van der Waals surface area contributed by atoms with E-state index in [-0.39, 0.29) is 0 Å². The molecule has 1 fully saturated rings. The number of unbranched alkanes of at least 4 members (excludes halogenated alkanes) is 9. The minimum Gasteiger partial charge on any atom is -0.310 e. The third-order valence-electron chi connectivity index (χ3n) is 4.85. The van der Waals surface area contributed by atoms with Crippen LogP contribution in [0.5, 0.6) is 0 Å². The summed E-state index contributed by atoms with van der Waals surface area (Å²) in [7, 11) is 0. The Kier molecular flexibility index (Phi) is 10.9. The van der Waals surface area contributed by atoms with Gasteiger partial charge in [0, 0.05) is 11.4 Å². The van der Waals surface area contributed by atoms with Gasteiger partial charge in [-0.05, 0) is 25.8 Å². The summed E-state index contributed by atoms with van der Waals surface area (Å²) in [5.41, 5.74) is 0.292. The lowest BCUT2D eigenvalue weighted by Gasteiger charge is -2.28. The van der Waals surface area contributed by atoms with Crippen molar-refractivity contribution >= 4 is 11.6 Å². The molecule has 1 N–H and O–H groups in total. The van der Waals surface area contributed by atoms with Gasteiger partial charge in [-0.3, -0.25) is 0 Å². The maximum Gasteiger partial charge on any atom is 0.0406 e. The average Bonchev–Trinajstić information content (AvgIpc) is 2.94. The van der Waals surface area contributed by atoms with Crippen molar-refractivity contribution in [1.82, 2.24) is 5.32 Å². The van der Waals surface area contributed by atoms with Crippen LogP contribution in [0.2, 0.25) is 0 Å². The first kappa shape index (κ1) is 18.3. The van der Waals surface area contributed by atoms with Gasteiger partial charge in [0.2, 0.25) is 0 Å². The Morgan fingerprint density at radius 1 is 0.800 bits per heavy atom. The maximum atomic E-state index is 6.14. The van der Waals surface area contributed by atoms with E-state index in [1.54, 1.807) is 0 Å². The molecule has 0 aromatic heterocycles. The lowest BCUT2D eigenvalue weighted by Crippen LogP contribution is -2.44. The predicted octanol–water partition coefficient (Wildman–Crippen LogP) is 6.05. The largest absolute Gasteiger partial charge is 0.310 e. The fourth-order valence-electron chi connectivity index (χ4n) is 3.38. The number of hydrogen-bond acceptors (Lipinski definition) is 1. The van der Waals surface area contributed by atoms with Gasteiger partial charge in [-0.25, -0.2) is 0 Å². The second-order valence-electron chi connectivity index (χ2n) is 6.73. The molecule has 0 aromatic carbocycles. The van der Waals surface area contributed by atoms with Gasteiger partial charge in [0.25, 0.3) is 0 Å². The second kappa shape index (κ2) is 11.9. The van der Waals surface area contributed by atoms with Crippen molar-refractivity contribution in [3.63, 3.8) is 0 Å². The quantitative estimate of drug-likeness (QED) is 0.322. The highest BCUT2D eigenvalue weighted by Crippen LogP contribution is 2.30. The average molecular weight is 302 g/mol. The van der Waals surface area contributed by atoms with Crippen LogP contribution in [-0.2, 0) is 0 Å². The van der Waals surface area contributed by atoms with Gasteiger partial charge in [0.15, 0.2) is 0 Å². The molecular formula is C18H36ClN. The molecule has 2 heteroatoms. The molecule has 0 aromatic rings. The van der Waals surface area contributed by atoms with Gasteiger partial charge in [-0.15, -0.1) is 11.6 Å². The molecule has 120 valence electrons. The van der Waals surface area contributed by atoms with Crippen LogP contribution in [0.15, 0.2) is 0 Å². The molecule has 0 spiro atoms. The van der Waals surface area contributed by atoms with Crippen LogP contribution in [0.25, 0.3) is 0 Å². The SMILES string of the molecule is CCCCCCCCCCCCNC1(CCl)CCCC1. The van der Waals surface area contributed by atoms with E-state index in [2.05, 4.69) is 12.2 Å². The van der Waals surface area contributed by atoms with Crippen molar-refractivity contribution in [2.24, 2.45) is 0 Å². The van der Waals surface area contributed by atoms with Crippen LogP contribution >= 0.6 is 11.6 Å². The lowest BCUT2D eigenvalue weighted by atomic mass is 10.00. The molecule has 1 aliphatic carbocycles. The van der Waals surface area contributed by atoms with E-state index in [1.165, 1.54) is 96.4 Å². The van der Waals surface area contributed by atoms with Gasteiger partial charge < -0.3 is 5.32 Å². The Morgan fingerprint density at radius 3 is 1.80 bits per heavy atom. The fourth-order valence-corrected chi connectivity index (χ4v) is 3.74. The zero-order valence-electron chi connectivity index (χ0n) is 13.7. The van der Waals surface area contributed by atoms with E-state index in [0.29, 0.717) is 5.54 Å². The van der Waals surface area contributed by atoms with Crippen LogP contribution in [0.3, 0.4) is 0 Å². The van der Waals surface area contributed by atoms with Gasteiger partial charge in [0.05, 0.1) is 0 Å². The molecule has 0 atom stereocenters. The highest BCUT2D eigenvalue weighted by atomic mass is 35.5. The number of nitrogens with one attached hydrogen (secondary N) is 1. The summed E-state index contributed by atoms with van der Waals surface area (Å²) >= 11 is 6.14. The second-order valence-corrected chi connectivity index (χ2v) is 7.00. The molecule has 0 radical (unpaired) electrons. The summed E-state index contributed by atoms with van der Waals surface area (Å²) in [6, 6.07) is 0. The summed E-state index contributed by atoms with van der Waals surface area (Å²) < 4.78 is 0. The topological polar surface area (TPSA) is 12.0 Å². The number of rotatable bonds is 13. The van der Waals surface area contributed by atoms with Gasteiger partial charge in [-0.1, -0.05) is 77.6 Å². The van der Waals surface area contributed by atoms with Gasteiger partial charge in [-0.2, -0.15) is 0 Å². The molecule has 1 rings (SSSR count). The van der Waals surface area contributed by atoms with E-state index in [9.17, 15) is 0 Å². The van der Waals surface area contributed by atoms with Gasteiger partial charge in [0.1, 0.15) is 0 Å². The van der Waals surface area contributed by atoms with E-state index >= 15 is 0 Å². The van der Waals surface area contributed by atoms with E-state index < -0.39 is 0 Å². The molecule has 0 heterocycles. The molecule has 0 bridgehead atoms. The van der Waals surface area contributed by atoms with E-state index in [0.717, 1.165) is 5.88 Å². The minimum atomic E-state index is 0.292. The first-order valence-electron chi connectivity index (χ1n) is 9.14. The number of hydrogen-bond donors (Lipinski definition) is 1. The van der Waals surface area contributed by atoms with Crippen molar-refractivity contribution in [3.8, 4) is 0 Å². The molecule has 0 saturated heterocycles. The Balaban J connectivity index is 1.83. The number of halogens is 1. The van der Waals surface area contributed by atoms with Crippen molar-refractivity contribution in [3.05, 3.63) is 0 Å². The zero-order chi connectivity index (χ0) is 14.5. The standard InChI is InChI=1S/C18H36ClN/c1-2-3-4-5-6-7-8-9-10-13-16-20-18(17-19)14-11-12-15-18/h20H,2-17H2,1H3. The smallest absolute Gasteiger partial charge is 0.0406 e. The third kappa shape index (κ3) is 7.88. The normalized spacial score (nSPS) is 17.7. The Labute approximate surface area is 132 Å². The van der Waals surface area contributed by atoms with Crippen molar-refractivity contribution in [2.45, 2.75) is 102 Å². The Bertz CT molecular complexity index is 211. The van der Waals surface area contributed by atoms with Crippen LogP contribution < -0.4 is 5.32 Å². The molecule has 20 heavy (non-hydrogen) atoms. The van der Waals surface area contributed by atoms with E-state index in [4.69, 9.17) is 11.6 Å². The molecule has 0 unspecified atom stereocenters. The molecular weight excluding hydrogens is 266 g/mol.